The van der Waals surface area contributed by atoms with E-state index < -0.39 is 22.2 Å². The molecule has 4 aromatic carbocycles. The molecule has 0 heterocycles. The summed E-state index contributed by atoms with van der Waals surface area (Å²) in [5.74, 6) is -0.0545. The topological polar surface area (TPSA) is 122 Å². The number of hydrogen-bond acceptors (Lipinski definition) is 8. The molecule has 0 bridgehead atoms. The van der Waals surface area contributed by atoms with Crippen LogP contribution in [0, 0.1) is 20.8 Å². The lowest BCUT2D eigenvalue weighted by atomic mass is 9.91. The van der Waals surface area contributed by atoms with Gasteiger partial charge in [-0.25, -0.2) is 4.79 Å². The molecule has 4 aromatic rings. The summed E-state index contributed by atoms with van der Waals surface area (Å²) in [4.78, 5) is 13.0. The molecule has 0 spiro atoms. The van der Waals surface area contributed by atoms with Crippen LogP contribution in [-0.2, 0) is 14.3 Å². The van der Waals surface area contributed by atoms with Gasteiger partial charge in [0.1, 0.15) is 23.0 Å². The molecule has 0 fully saturated rings. The number of nitrogens with one attached hydrogen (secondary N) is 1. The van der Waals surface area contributed by atoms with Gasteiger partial charge in [-0.15, -0.1) is 0 Å². The highest BCUT2D eigenvalue weighted by Crippen LogP contribution is 2.33. The summed E-state index contributed by atoms with van der Waals surface area (Å²) in [6, 6.07) is 21.8. The van der Waals surface area contributed by atoms with E-state index in [2.05, 4.69) is 5.32 Å². The van der Waals surface area contributed by atoms with Crippen molar-refractivity contribution in [2.45, 2.75) is 64.5 Å². The van der Waals surface area contributed by atoms with Gasteiger partial charge in [0.05, 0.1) is 11.7 Å². The van der Waals surface area contributed by atoms with E-state index in [1.54, 1.807) is 48.5 Å². The average Bonchev–Trinajstić information content (AvgIpc) is 2.99. The molecular formula is C36H41NO7S. The average molecular weight is 632 g/mol. The Hall–Kier alpha value is -4.18. The van der Waals surface area contributed by atoms with Gasteiger partial charge in [0.25, 0.3) is 0 Å². The number of ether oxygens (including phenoxy) is 1. The minimum atomic E-state index is -4.27. The van der Waals surface area contributed by atoms with Gasteiger partial charge in [0.15, 0.2) is 0 Å². The molecule has 4 rings (SSSR count). The minimum absolute atomic E-state index is 0.0677. The van der Waals surface area contributed by atoms with Crippen LogP contribution in [-0.4, -0.2) is 43.8 Å². The van der Waals surface area contributed by atoms with Crippen molar-refractivity contribution in [2.75, 3.05) is 13.2 Å². The van der Waals surface area contributed by atoms with Crippen LogP contribution in [0.4, 0.5) is 0 Å². The lowest BCUT2D eigenvalue weighted by Crippen LogP contribution is -2.35. The van der Waals surface area contributed by atoms with E-state index in [9.17, 15) is 23.4 Å². The maximum Gasteiger partial charge on any atom is 0.354 e. The first-order valence-electron chi connectivity index (χ1n) is 14.9. The summed E-state index contributed by atoms with van der Waals surface area (Å²) in [5, 5.41) is 23.4. The molecule has 238 valence electrons. The number of aliphatic hydroxyl groups is 1. The van der Waals surface area contributed by atoms with Crippen molar-refractivity contribution in [3.05, 3.63) is 112 Å². The highest BCUT2D eigenvalue weighted by atomic mass is 32.2. The molecule has 0 aromatic heterocycles. The summed E-state index contributed by atoms with van der Waals surface area (Å²) in [7, 11) is -4.27. The van der Waals surface area contributed by atoms with Gasteiger partial charge >= 0.3 is 16.1 Å². The SMILES string of the molecule is Cc1ccc(S(=O)(=O)OC(=O)c2ccc(-c3cc(C)c(OCCN[C@@H](C)[C@@H](O)c4ccc(O)cc4)c(C)c3)cc2C(C)C)cc1. The summed E-state index contributed by atoms with van der Waals surface area (Å²) in [6.07, 6.45) is -0.727. The van der Waals surface area contributed by atoms with E-state index >= 15 is 0 Å². The van der Waals surface area contributed by atoms with Gasteiger partial charge in [-0.1, -0.05) is 55.8 Å². The van der Waals surface area contributed by atoms with Crippen LogP contribution in [0.25, 0.3) is 11.1 Å². The maximum atomic E-state index is 13.1. The lowest BCUT2D eigenvalue weighted by Gasteiger charge is -2.21. The lowest BCUT2D eigenvalue weighted by molar-refractivity contribution is 0.0745. The largest absolute Gasteiger partial charge is 0.508 e. The molecule has 0 aliphatic heterocycles. The molecule has 0 saturated carbocycles. The van der Waals surface area contributed by atoms with Crippen molar-refractivity contribution in [1.82, 2.24) is 5.32 Å². The van der Waals surface area contributed by atoms with Crippen molar-refractivity contribution in [3.63, 3.8) is 0 Å². The van der Waals surface area contributed by atoms with Crippen LogP contribution in [0.2, 0.25) is 0 Å². The third-order valence-electron chi connectivity index (χ3n) is 7.71. The number of phenolic OH excluding ortho intramolecular Hbond substituents is 1. The van der Waals surface area contributed by atoms with Crippen molar-refractivity contribution in [2.24, 2.45) is 0 Å². The third kappa shape index (κ3) is 8.30. The van der Waals surface area contributed by atoms with E-state index in [0.717, 1.165) is 33.6 Å². The fourth-order valence-corrected chi connectivity index (χ4v) is 6.01. The fourth-order valence-electron chi connectivity index (χ4n) is 5.16. The van der Waals surface area contributed by atoms with Crippen LogP contribution in [0.3, 0.4) is 0 Å². The first-order valence-corrected chi connectivity index (χ1v) is 16.3. The van der Waals surface area contributed by atoms with Crippen LogP contribution >= 0.6 is 0 Å². The summed E-state index contributed by atoms with van der Waals surface area (Å²) in [5.41, 5.74) is 6.21. The highest BCUT2D eigenvalue weighted by molar-refractivity contribution is 7.87. The van der Waals surface area contributed by atoms with Gasteiger partial charge in [-0.2, -0.15) is 8.42 Å². The number of rotatable bonds is 12. The summed E-state index contributed by atoms with van der Waals surface area (Å²) >= 11 is 0. The minimum Gasteiger partial charge on any atom is -0.508 e. The van der Waals surface area contributed by atoms with Gasteiger partial charge in [0, 0.05) is 12.6 Å². The number of phenols is 1. The van der Waals surface area contributed by atoms with Gasteiger partial charge in [-0.3, -0.25) is 0 Å². The Kier molecular flexibility index (Phi) is 10.7. The predicted molar refractivity (Wildman–Crippen MR) is 175 cm³/mol. The number of hydrogen-bond donors (Lipinski definition) is 3. The van der Waals surface area contributed by atoms with Crippen LogP contribution in [0.5, 0.6) is 11.5 Å². The first kappa shape index (κ1) is 33.7. The number of aromatic hydroxyl groups is 1. The predicted octanol–water partition coefficient (Wildman–Crippen LogP) is 6.74. The summed E-state index contributed by atoms with van der Waals surface area (Å²) < 4.78 is 36.7. The quantitative estimate of drug-likeness (QED) is 0.116. The number of carbonyl (C=O) groups is 1. The molecule has 0 aliphatic carbocycles. The summed E-state index contributed by atoms with van der Waals surface area (Å²) in [6.45, 7) is 12.5. The molecule has 0 amide bonds. The first-order chi connectivity index (χ1) is 21.3. The number of carbonyl (C=O) groups excluding carboxylic acids is 1. The Morgan fingerprint density at radius 3 is 2.07 bits per heavy atom. The Bertz CT molecular complexity index is 1720. The van der Waals surface area contributed by atoms with E-state index in [4.69, 9.17) is 8.92 Å². The molecule has 0 radical (unpaired) electrons. The monoisotopic (exact) mass is 631 g/mol. The molecule has 0 aliphatic rings. The zero-order valence-corrected chi connectivity index (χ0v) is 27.3. The van der Waals surface area contributed by atoms with Gasteiger partial charge in [0.2, 0.25) is 0 Å². The number of aryl methyl sites for hydroxylation is 3. The van der Waals surface area contributed by atoms with Gasteiger partial charge < -0.3 is 24.4 Å². The van der Waals surface area contributed by atoms with Crippen molar-refractivity contribution in [1.29, 1.82) is 0 Å². The second-order valence-electron chi connectivity index (χ2n) is 11.7. The smallest absolute Gasteiger partial charge is 0.354 e. The molecule has 45 heavy (non-hydrogen) atoms. The molecule has 2 atom stereocenters. The molecule has 8 nitrogen and oxygen atoms in total. The van der Waals surface area contributed by atoms with Crippen molar-refractivity contribution >= 4 is 16.1 Å². The van der Waals surface area contributed by atoms with Crippen molar-refractivity contribution < 1.29 is 32.3 Å². The van der Waals surface area contributed by atoms with E-state index in [1.807, 2.05) is 59.7 Å². The van der Waals surface area contributed by atoms with Crippen molar-refractivity contribution in [3.8, 4) is 22.6 Å². The Morgan fingerprint density at radius 1 is 0.844 bits per heavy atom. The third-order valence-corrected chi connectivity index (χ3v) is 8.93. The zero-order valence-electron chi connectivity index (χ0n) is 26.5. The number of benzene rings is 4. The van der Waals surface area contributed by atoms with Crippen LogP contribution in [0.15, 0.2) is 83.8 Å². The van der Waals surface area contributed by atoms with E-state index in [0.29, 0.717) is 24.3 Å². The molecular weight excluding hydrogens is 590 g/mol. The maximum absolute atomic E-state index is 13.1. The van der Waals surface area contributed by atoms with Crippen LogP contribution < -0.4 is 10.1 Å². The Morgan fingerprint density at radius 2 is 1.47 bits per heavy atom. The molecule has 0 saturated heterocycles. The van der Waals surface area contributed by atoms with Gasteiger partial charge in [-0.05, 0) is 109 Å². The second-order valence-corrected chi connectivity index (χ2v) is 13.2. The zero-order chi connectivity index (χ0) is 32.9. The van der Waals surface area contributed by atoms with Crippen LogP contribution in [0.1, 0.15) is 71.0 Å². The van der Waals surface area contributed by atoms with E-state index in [-0.39, 0.29) is 28.2 Å². The fraction of sp³-hybridized carbons (Fsp3) is 0.306. The highest BCUT2D eigenvalue weighted by Gasteiger charge is 2.24. The molecule has 9 heteroatoms. The Balaban J connectivity index is 1.44. The second kappa shape index (κ2) is 14.3. The Labute approximate surface area is 265 Å². The number of aliphatic hydroxyl groups excluding tert-OH is 1. The standard InChI is InChI=1S/C36H41NO7S/c1-22(2)33-21-28(11-16-32(33)36(40)44-45(41,42)31-14-7-23(3)8-15-31)29-19-24(4)35(25(5)20-29)43-18-17-37-26(6)34(39)27-9-12-30(38)13-10-27/h7-16,19-22,26,34,37-39H,17-18H2,1-6H3/t26-,34+/m0/s1. The van der Waals surface area contributed by atoms with E-state index in [1.165, 1.54) is 12.1 Å². The molecule has 0 unspecified atom stereocenters. The molecule has 3 N–H and O–H groups in total. The normalized spacial score (nSPS) is 13.0.